The van der Waals surface area contributed by atoms with Gasteiger partial charge in [-0.15, -0.1) is 0 Å². The first-order valence-electron chi connectivity index (χ1n) is 12.7. The first-order valence-corrected chi connectivity index (χ1v) is 14.3. The van der Waals surface area contributed by atoms with Gasteiger partial charge in [0.05, 0.1) is 35.6 Å². The van der Waals surface area contributed by atoms with Crippen LogP contribution in [0.1, 0.15) is 36.6 Å². The van der Waals surface area contributed by atoms with E-state index in [4.69, 9.17) is 19.2 Å². The van der Waals surface area contributed by atoms with Crippen molar-refractivity contribution in [3.05, 3.63) is 119 Å². The Hall–Kier alpha value is -4.28. The number of rotatable bonds is 7. The highest BCUT2D eigenvalue weighted by Crippen LogP contribution is 2.35. The van der Waals surface area contributed by atoms with Crippen LogP contribution in [-0.2, 0) is 14.3 Å². The lowest BCUT2D eigenvalue weighted by molar-refractivity contribution is -0.139. The minimum Gasteiger partial charge on any atom is -0.497 e. The summed E-state index contributed by atoms with van der Waals surface area (Å²) in [4.78, 5) is 44.6. The van der Waals surface area contributed by atoms with E-state index in [1.807, 2.05) is 42.5 Å². The zero-order valence-corrected chi connectivity index (χ0v) is 24.8. The monoisotopic (exact) mass is 632 g/mol. The molecule has 0 N–H and O–H groups in total. The van der Waals surface area contributed by atoms with E-state index in [2.05, 4.69) is 15.9 Å². The van der Waals surface area contributed by atoms with E-state index in [0.29, 0.717) is 37.7 Å². The molecule has 0 aliphatic carbocycles. The first-order chi connectivity index (χ1) is 19.8. The lowest BCUT2D eigenvalue weighted by Gasteiger charge is -2.26. The number of hydrogen-bond acceptors (Lipinski definition) is 8. The second-order valence-corrected chi connectivity index (χ2v) is 10.9. The van der Waals surface area contributed by atoms with Crippen LogP contribution in [-0.4, -0.2) is 30.2 Å². The molecule has 3 aromatic carbocycles. The van der Waals surface area contributed by atoms with Gasteiger partial charge in [-0.2, -0.15) is 0 Å². The third-order valence-electron chi connectivity index (χ3n) is 6.32. The van der Waals surface area contributed by atoms with E-state index in [1.54, 1.807) is 50.4 Å². The second kappa shape index (κ2) is 12.1. The molecule has 0 spiro atoms. The smallest absolute Gasteiger partial charge is 0.338 e. The van der Waals surface area contributed by atoms with Gasteiger partial charge in [0.1, 0.15) is 11.5 Å². The van der Waals surface area contributed by atoms with Crippen molar-refractivity contribution in [1.29, 1.82) is 0 Å². The molecule has 0 saturated carbocycles. The van der Waals surface area contributed by atoms with Crippen LogP contribution in [0.15, 0.2) is 92.6 Å². The Bertz CT molecular complexity index is 1840. The summed E-state index contributed by atoms with van der Waals surface area (Å²) in [6, 6.07) is 20.9. The van der Waals surface area contributed by atoms with Gasteiger partial charge in [-0.05, 0) is 48.9 Å². The second-order valence-electron chi connectivity index (χ2n) is 8.98. The molecule has 10 heteroatoms. The molecule has 208 valence electrons. The minimum absolute atomic E-state index is 0.159. The standard InChI is InChI=1S/C31H25BrN2O6S/c1-4-39-30(37)26-27(19-8-6-5-7-9-19)33-31-34(28(26)20-10-13-23(38-3)14-11-20)29(36)25(41-31)17-21-16-22(32)12-15-24(21)40-18(2)35/h5-17,28H,4H2,1-3H3/b25-17-/t28-/m0/s1. The van der Waals surface area contributed by atoms with Crippen LogP contribution < -0.4 is 24.4 Å². The fourth-order valence-electron chi connectivity index (χ4n) is 4.56. The van der Waals surface area contributed by atoms with Crippen LogP contribution in [0.5, 0.6) is 11.5 Å². The van der Waals surface area contributed by atoms with Crippen molar-refractivity contribution in [2.24, 2.45) is 4.99 Å². The molecular formula is C31H25BrN2O6S. The van der Waals surface area contributed by atoms with Crippen molar-refractivity contribution < 1.29 is 23.8 Å². The number of fused-ring (bicyclic) bond motifs is 1. The van der Waals surface area contributed by atoms with Crippen LogP contribution in [0, 0.1) is 0 Å². The highest BCUT2D eigenvalue weighted by Gasteiger charge is 2.35. The van der Waals surface area contributed by atoms with Crippen LogP contribution in [0.2, 0.25) is 0 Å². The van der Waals surface area contributed by atoms with Crippen LogP contribution in [0.3, 0.4) is 0 Å². The normalized spacial score (nSPS) is 14.7. The fourth-order valence-corrected chi connectivity index (χ4v) is 5.93. The molecular weight excluding hydrogens is 608 g/mol. The number of halogens is 1. The highest BCUT2D eigenvalue weighted by molar-refractivity contribution is 9.10. The van der Waals surface area contributed by atoms with Crippen LogP contribution >= 0.6 is 27.3 Å². The van der Waals surface area contributed by atoms with Gasteiger partial charge in [-0.25, -0.2) is 9.79 Å². The number of hydrogen-bond donors (Lipinski definition) is 0. The van der Waals surface area contributed by atoms with Gasteiger partial charge in [0.2, 0.25) is 0 Å². The summed E-state index contributed by atoms with van der Waals surface area (Å²) in [7, 11) is 1.57. The Kier molecular flexibility index (Phi) is 8.32. The zero-order chi connectivity index (χ0) is 29.1. The van der Waals surface area contributed by atoms with Crippen LogP contribution in [0.4, 0.5) is 0 Å². The summed E-state index contributed by atoms with van der Waals surface area (Å²) in [5.74, 6) is -0.0851. The van der Waals surface area contributed by atoms with Gasteiger partial charge >= 0.3 is 11.9 Å². The number of carbonyl (C=O) groups is 2. The number of methoxy groups -OCH3 is 1. The molecule has 4 aromatic rings. The zero-order valence-electron chi connectivity index (χ0n) is 22.4. The lowest BCUT2D eigenvalue weighted by atomic mass is 9.93. The largest absolute Gasteiger partial charge is 0.497 e. The van der Waals surface area contributed by atoms with Crippen molar-refractivity contribution in [2.45, 2.75) is 19.9 Å². The molecule has 0 bridgehead atoms. The van der Waals surface area contributed by atoms with Gasteiger partial charge in [-0.1, -0.05) is 69.7 Å². The molecule has 2 heterocycles. The molecule has 8 nitrogen and oxygen atoms in total. The first kappa shape index (κ1) is 28.3. The molecule has 41 heavy (non-hydrogen) atoms. The van der Waals surface area contributed by atoms with Gasteiger partial charge in [0.25, 0.3) is 5.56 Å². The van der Waals surface area contributed by atoms with Crippen molar-refractivity contribution in [3.63, 3.8) is 0 Å². The Labute approximate surface area is 248 Å². The Morgan fingerprint density at radius 1 is 1.07 bits per heavy atom. The molecule has 1 aliphatic heterocycles. The van der Waals surface area contributed by atoms with Gasteiger partial charge in [0.15, 0.2) is 4.80 Å². The van der Waals surface area contributed by atoms with E-state index >= 15 is 0 Å². The summed E-state index contributed by atoms with van der Waals surface area (Å²) in [6.07, 6.45) is 1.66. The molecule has 0 unspecified atom stereocenters. The average Bonchev–Trinajstić information content (AvgIpc) is 3.28. The molecule has 1 atom stereocenters. The number of ether oxygens (including phenoxy) is 3. The van der Waals surface area contributed by atoms with Crippen molar-refractivity contribution in [2.75, 3.05) is 13.7 Å². The number of benzene rings is 3. The van der Waals surface area contributed by atoms with E-state index in [1.165, 1.54) is 22.8 Å². The fraction of sp³-hybridized carbons (Fsp3) is 0.161. The van der Waals surface area contributed by atoms with Crippen molar-refractivity contribution >= 4 is 51.0 Å². The molecule has 1 aliphatic rings. The third kappa shape index (κ3) is 5.79. The van der Waals surface area contributed by atoms with E-state index in [9.17, 15) is 14.4 Å². The topological polar surface area (TPSA) is 96.2 Å². The quantitative estimate of drug-likeness (QED) is 0.218. The summed E-state index contributed by atoms with van der Waals surface area (Å²) in [6.45, 7) is 3.21. The molecule has 0 fully saturated rings. The Balaban J connectivity index is 1.81. The number of esters is 2. The number of aromatic nitrogens is 1. The molecule has 0 radical (unpaired) electrons. The third-order valence-corrected chi connectivity index (χ3v) is 7.79. The molecule has 0 amide bonds. The predicted molar refractivity (Wildman–Crippen MR) is 160 cm³/mol. The molecule has 1 aromatic heterocycles. The van der Waals surface area contributed by atoms with Gasteiger partial charge in [-0.3, -0.25) is 14.2 Å². The number of carbonyl (C=O) groups excluding carboxylic acids is 2. The predicted octanol–water partition coefficient (Wildman–Crippen LogP) is 4.63. The van der Waals surface area contributed by atoms with Gasteiger partial charge in [0, 0.05) is 22.5 Å². The van der Waals surface area contributed by atoms with Crippen molar-refractivity contribution in [1.82, 2.24) is 4.57 Å². The lowest BCUT2D eigenvalue weighted by Crippen LogP contribution is -2.40. The van der Waals surface area contributed by atoms with Crippen molar-refractivity contribution in [3.8, 4) is 11.5 Å². The van der Waals surface area contributed by atoms with E-state index in [-0.39, 0.29) is 17.7 Å². The minimum atomic E-state index is -0.816. The van der Waals surface area contributed by atoms with Gasteiger partial charge < -0.3 is 14.2 Å². The van der Waals surface area contributed by atoms with E-state index in [0.717, 1.165) is 10.0 Å². The maximum absolute atomic E-state index is 14.1. The maximum atomic E-state index is 14.1. The summed E-state index contributed by atoms with van der Waals surface area (Å²) >= 11 is 4.63. The summed E-state index contributed by atoms with van der Waals surface area (Å²) in [5.41, 5.74) is 2.28. The SMILES string of the molecule is CCOC(=O)C1=C(c2ccccc2)N=c2s/c(=C\c3cc(Br)ccc3OC(C)=O)c(=O)n2[C@H]1c1ccc(OC)cc1. The highest BCUT2D eigenvalue weighted by atomic mass is 79.9. The Morgan fingerprint density at radius 2 is 1.80 bits per heavy atom. The number of nitrogens with zero attached hydrogens (tertiary/aromatic N) is 2. The van der Waals surface area contributed by atoms with E-state index < -0.39 is 18.0 Å². The Morgan fingerprint density at radius 3 is 2.46 bits per heavy atom. The number of thiazole rings is 1. The molecule has 5 rings (SSSR count). The summed E-state index contributed by atoms with van der Waals surface area (Å²) in [5, 5.41) is 0. The average molecular weight is 634 g/mol. The maximum Gasteiger partial charge on any atom is 0.338 e. The molecule has 0 saturated heterocycles. The summed E-state index contributed by atoms with van der Waals surface area (Å²) < 4.78 is 18.8. The van der Waals surface area contributed by atoms with Crippen LogP contribution in [0.25, 0.3) is 11.8 Å².